The van der Waals surface area contributed by atoms with Gasteiger partial charge in [-0.2, -0.15) is 0 Å². The number of hydrogen-bond acceptors (Lipinski definition) is 3. The van der Waals surface area contributed by atoms with Crippen LogP contribution in [0.3, 0.4) is 0 Å². The predicted octanol–water partition coefficient (Wildman–Crippen LogP) is -0.124. The first kappa shape index (κ1) is 11.4. The van der Waals surface area contributed by atoms with E-state index in [-0.39, 0.29) is 5.91 Å². The van der Waals surface area contributed by atoms with Crippen LogP contribution in [0.25, 0.3) is 0 Å². The fraction of sp³-hybridized carbons (Fsp3) is 0.875. The predicted molar refractivity (Wildman–Crippen MR) is 47.8 cm³/mol. The summed E-state index contributed by atoms with van der Waals surface area (Å²) in [5.41, 5.74) is 5.34. The van der Waals surface area contributed by atoms with E-state index in [1.165, 1.54) is 0 Å². The van der Waals surface area contributed by atoms with E-state index in [1.807, 2.05) is 0 Å². The van der Waals surface area contributed by atoms with Gasteiger partial charge < -0.3 is 15.8 Å². The maximum Gasteiger partial charge on any atom is 0.236 e. The average Bonchev–Trinajstić information content (AvgIpc) is 2.03. The van der Waals surface area contributed by atoms with Gasteiger partial charge in [-0.25, -0.2) is 0 Å². The van der Waals surface area contributed by atoms with Crippen LogP contribution in [-0.4, -0.2) is 32.2 Å². The highest BCUT2D eigenvalue weighted by molar-refractivity contribution is 5.80. The first-order chi connectivity index (χ1) is 5.68. The molecule has 72 valence electrons. The highest BCUT2D eigenvalue weighted by Gasteiger charge is 2.04. The number of rotatable bonds is 6. The summed E-state index contributed by atoms with van der Waals surface area (Å²) in [6, 6.07) is -0.410. The van der Waals surface area contributed by atoms with Gasteiger partial charge in [0.2, 0.25) is 5.91 Å². The van der Waals surface area contributed by atoms with E-state index >= 15 is 0 Å². The van der Waals surface area contributed by atoms with Gasteiger partial charge in [0.25, 0.3) is 0 Å². The molecule has 4 nitrogen and oxygen atoms in total. The Labute approximate surface area is 73.5 Å². The average molecular weight is 174 g/mol. The van der Waals surface area contributed by atoms with Crippen LogP contribution in [0.4, 0.5) is 0 Å². The zero-order chi connectivity index (χ0) is 9.40. The minimum Gasteiger partial charge on any atom is -0.385 e. The van der Waals surface area contributed by atoms with E-state index < -0.39 is 6.04 Å². The Balaban J connectivity index is 3.14. The summed E-state index contributed by atoms with van der Waals surface area (Å²) in [4.78, 5) is 10.9. The summed E-state index contributed by atoms with van der Waals surface area (Å²) in [6.45, 7) is 3.10. The molecule has 0 saturated heterocycles. The Morgan fingerprint density at radius 3 is 2.75 bits per heavy atom. The molecule has 0 saturated carbocycles. The maximum absolute atomic E-state index is 10.9. The van der Waals surface area contributed by atoms with Gasteiger partial charge >= 0.3 is 0 Å². The third-order valence-electron chi connectivity index (χ3n) is 1.49. The summed E-state index contributed by atoms with van der Waals surface area (Å²) >= 11 is 0. The fourth-order valence-corrected chi connectivity index (χ4v) is 0.744. The largest absolute Gasteiger partial charge is 0.385 e. The van der Waals surface area contributed by atoms with Gasteiger partial charge in [0, 0.05) is 20.3 Å². The Morgan fingerprint density at radius 2 is 2.25 bits per heavy atom. The number of unbranched alkanes of at least 4 members (excludes halogenated alkanes) is 1. The molecule has 1 unspecified atom stereocenters. The van der Waals surface area contributed by atoms with Crippen molar-refractivity contribution in [1.29, 1.82) is 0 Å². The maximum atomic E-state index is 10.9. The molecule has 0 radical (unpaired) electrons. The van der Waals surface area contributed by atoms with Crippen molar-refractivity contribution in [2.75, 3.05) is 20.3 Å². The zero-order valence-corrected chi connectivity index (χ0v) is 7.80. The van der Waals surface area contributed by atoms with Crippen LogP contribution in [0, 0.1) is 0 Å². The van der Waals surface area contributed by atoms with Crippen molar-refractivity contribution in [3.05, 3.63) is 0 Å². The smallest absolute Gasteiger partial charge is 0.236 e. The van der Waals surface area contributed by atoms with Crippen molar-refractivity contribution in [2.24, 2.45) is 5.73 Å². The summed E-state index contributed by atoms with van der Waals surface area (Å²) in [6.07, 6.45) is 1.90. The second kappa shape index (κ2) is 7.06. The number of hydrogen-bond donors (Lipinski definition) is 2. The Morgan fingerprint density at radius 1 is 1.58 bits per heavy atom. The lowest BCUT2D eigenvalue weighted by Crippen LogP contribution is -2.38. The minimum absolute atomic E-state index is 0.0904. The summed E-state index contributed by atoms with van der Waals surface area (Å²) < 4.78 is 4.86. The highest BCUT2D eigenvalue weighted by atomic mass is 16.5. The molecular formula is C8H18N2O2. The van der Waals surface area contributed by atoms with Crippen LogP contribution in [0.15, 0.2) is 0 Å². The molecule has 0 spiro atoms. The molecule has 0 aromatic rings. The van der Waals surface area contributed by atoms with E-state index in [0.29, 0.717) is 6.54 Å². The fourth-order valence-electron chi connectivity index (χ4n) is 0.744. The Bertz CT molecular complexity index is 126. The monoisotopic (exact) mass is 174 g/mol. The van der Waals surface area contributed by atoms with Crippen molar-refractivity contribution < 1.29 is 9.53 Å². The van der Waals surface area contributed by atoms with Crippen molar-refractivity contribution in [3.63, 3.8) is 0 Å². The number of carbonyl (C=O) groups is 1. The zero-order valence-electron chi connectivity index (χ0n) is 7.80. The van der Waals surface area contributed by atoms with Crippen LogP contribution in [0.2, 0.25) is 0 Å². The van der Waals surface area contributed by atoms with E-state index in [2.05, 4.69) is 5.32 Å². The molecule has 0 fully saturated rings. The standard InChI is InChI=1S/C8H18N2O2/c1-7(9)8(11)10-5-3-4-6-12-2/h7H,3-6,9H2,1-2H3,(H,10,11). The molecular weight excluding hydrogens is 156 g/mol. The molecule has 0 aromatic heterocycles. The molecule has 0 heterocycles. The van der Waals surface area contributed by atoms with Crippen LogP contribution >= 0.6 is 0 Å². The van der Waals surface area contributed by atoms with Gasteiger partial charge in [0.15, 0.2) is 0 Å². The van der Waals surface area contributed by atoms with E-state index in [1.54, 1.807) is 14.0 Å². The van der Waals surface area contributed by atoms with Crippen molar-refractivity contribution in [3.8, 4) is 0 Å². The van der Waals surface area contributed by atoms with Crippen LogP contribution in [-0.2, 0) is 9.53 Å². The quantitative estimate of drug-likeness (QED) is 0.552. The number of nitrogens with two attached hydrogens (primary N) is 1. The number of nitrogens with one attached hydrogen (secondary N) is 1. The van der Waals surface area contributed by atoms with Crippen LogP contribution in [0.5, 0.6) is 0 Å². The summed E-state index contributed by atoms with van der Waals surface area (Å²) in [5, 5.41) is 2.72. The van der Waals surface area contributed by atoms with Crippen LogP contribution in [0.1, 0.15) is 19.8 Å². The molecule has 0 aliphatic carbocycles. The van der Waals surface area contributed by atoms with Crippen LogP contribution < -0.4 is 11.1 Å². The number of carbonyl (C=O) groups excluding carboxylic acids is 1. The lowest BCUT2D eigenvalue weighted by atomic mass is 10.3. The molecule has 0 aromatic carbocycles. The molecule has 0 rings (SSSR count). The van der Waals surface area contributed by atoms with Gasteiger partial charge in [-0.3, -0.25) is 4.79 Å². The first-order valence-corrected chi connectivity index (χ1v) is 4.20. The minimum atomic E-state index is -0.410. The Kier molecular flexibility index (Phi) is 6.70. The highest BCUT2D eigenvalue weighted by Crippen LogP contribution is 1.87. The Hall–Kier alpha value is -0.610. The summed E-state index contributed by atoms with van der Waals surface area (Å²) in [5.74, 6) is -0.0904. The van der Waals surface area contributed by atoms with Crippen molar-refractivity contribution in [1.82, 2.24) is 5.32 Å². The molecule has 0 aliphatic rings. The van der Waals surface area contributed by atoms with E-state index in [9.17, 15) is 4.79 Å². The molecule has 0 aliphatic heterocycles. The number of ether oxygens (including phenoxy) is 1. The third kappa shape index (κ3) is 6.12. The second-order valence-electron chi connectivity index (χ2n) is 2.78. The van der Waals surface area contributed by atoms with E-state index in [4.69, 9.17) is 10.5 Å². The van der Waals surface area contributed by atoms with Gasteiger partial charge in [-0.1, -0.05) is 0 Å². The molecule has 1 atom stereocenters. The second-order valence-corrected chi connectivity index (χ2v) is 2.78. The number of amides is 1. The first-order valence-electron chi connectivity index (χ1n) is 4.20. The lowest BCUT2D eigenvalue weighted by Gasteiger charge is -2.06. The third-order valence-corrected chi connectivity index (χ3v) is 1.49. The molecule has 3 N–H and O–H groups in total. The molecule has 1 amide bonds. The summed E-state index contributed by atoms with van der Waals surface area (Å²) in [7, 11) is 1.67. The molecule has 0 bridgehead atoms. The molecule has 4 heteroatoms. The SMILES string of the molecule is COCCCCNC(=O)C(C)N. The molecule has 12 heavy (non-hydrogen) atoms. The lowest BCUT2D eigenvalue weighted by molar-refractivity contribution is -0.121. The van der Waals surface area contributed by atoms with Gasteiger partial charge in [-0.15, -0.1) is 0 Å². The van der Waals surface area contributed by atoms with Gasteiger partial charge in [-0.05, 0) is 19.8 Å². The van der Waals surface area contributed by atoms with Crippen molar-refractivity contribution >= 4 is 5.91 Å². The van der Waals surface area contributed by atoms with Crippen molar-refractivity contribution in [2.45, 2.75) is 25.8 Å². The van der Waals surface area contributed by atoms with Gasteiger partial charge in [0.05, 0.1) is 6.04 Å². The van der Waals surface area contributed by atoms with E-state index in [0.717, 1.165) is 19.4 Å². The topological polar surface area (TPSA) is 64.3 Å². The number of methoxy groups -OCH3 is 1. The van der Waals surface area contributed by atoms with Gasteiger partial charge in [0.1, 0.15) is 0 Å². The normalized spacial score (nSPS) is 12.6.